The zero-order chi connectivity index (χ0) is 17.1. The van der Waals surface area contributed by atoms with Crippen molar-refractivity contribution < 1.29 is 9.59 Å². The van der Waals surface area contributed by atoms with Gasteiger partial charge >= 0.3 is 6.03 Å². The van der Waals surface area contributed by atoms with Gasteiger partial charge in [0.2, 0.25) is 0 Å². The molecule has 3 amide bonds. The summed E-state index contributed by atoms with van der Waals surface area (Å²) < 4.78 is 0.914. The number of amides is 3. The maximum Gasteiger partial charge on any atom is 0.337 e. The molecule has 0 aliphatic heterocycles. The van der Waals surface area contributed by atoms with E-state index >= 15 is 0 Å². The molecular formula is C17H14ClN3O2S. The first-order valence-corrected chi connectivity index (χ1v) is 8.35. The predicted molar refractivity (Wildman–Crippen MR) is 97.6 cm³/mol. The normalized spacial score (nSPS) is 10.4. The highest BCUT2D eigenvalue weighted by molar-refractivity contribution is 7.21. The summed E-state index contributed by atoms with van der Waals surface area (Å²) in [7, 11) is 0. The molecule has 0 saturated carbocycles. The van der Waals surface area contributed by atoms with Crippen molar-refractivity contribution in [3.8, 4) is 0 Å². The monoisotopic (exact) mass is 359 g/mol. The Morgan fingerprint density at radius 1 is 1.00 bits per heavy atom. The number of hydrogen-bond donors (Lipinski definition) is 3. The second-order valence-corrected chi connectivity index (χ2v) is 6.52. The fourth-order valence-corrected chi connectivity index (χ4v) is 3.61. The number of rotatable bonds is 2. The van der Waals surface area contributed by atoms with E-state index in [0.29, 0.717) is 15.6 Å². The van der Waals surface area contributed by atoms with Gasteiger partial charge in [-0.2, -0.15) is 0 Å². The first-order valence-electron chi connectivity index (χ1n) is 7.16. The van der Waals surface area contributed by atoms with Gasteiger partial charge in [0, 0.05) is 15.8 Å². The van der Waals surface area contributed by atoms with Crippen molar-refractivity contribution in [2.45, 2.75) is 6.92 Å². The Bertz CT molecular complexity index is 923. The molecule has 0 aliphatic carbocycles. The van der Waals surface area contributed by atoms with E-state index in [0.717, 1.165) is 15.6 Å². The van der Waals surface area contributed by atoms with Crippen LogP contribution in [-0.4, -0.2) is 11.9 Å². The smallest absolute Gasteiger partial charge is 0.306 e. The third kappa shape index (κ3) is 3.34. The molecule has 0 unspecified atom stereocenters. The largest absolute Gasteiger partial charge is 0.337 e. The van der Waals surface area contributed by atoms with E-state index in [1.807, 2.05) is 49.4 Å². The van der Waals surface area contributed by atoms with Gasteiger partial charge in [0.05, 0.1) is 5.02 Å². The Kier molecular flexibility index (Phi) is 4.69. The van der Waals surface area contributed by atoms with Gasteiger partial charge in [-0.1, -0.05) is 48.0 Å². The Morgan fingerprint density at radius 3 is 2.46 bits per heavy atom. The summed E-state index contributed by atoms with van der Waals surface area (Å²) in [6.45, 7) is 1.88. The van der Waals surface area contributed by atoms with Gasteiger partial charge in [0.25, 0.3) is 5.91 Å². The van der Waals surface area contributed by atoms with Crippen molar-refractivity contribution in [1.82, 2.24) is 10.9 Å². The molecule has 0 radical (unpaired) electrons. The number of benzene rings is 2. The van der Waals surface area contributed by atoms with Crippen molar-refractivity contribution in [2.24, 2.45) is 0 Å². The summed E-state index contributed by atoms with van der Waals surface area (Å²) in [5, 5.41) is 3.87. The molecule has 0 spiro atoms. The number of urea groups is 1. The van der Waals surface area contributed by atoms with Gasteiger partial charge < -0.3 is 5.32 Å². The van der Waals surface area contributed by atoms with Crippen LogP contribution >= 0.6 is 22.9 Å². The van der Waals surface area contributed by atoms with E-state index in [2.05, 4.69) is 16.2 Å². The number of carbonyl (C=O) groups is 2. The highest BCUT2D eigenvalue weighted by Gasteiger charge is 2.17. The maximum atomic E-state index is 12.2. The van der Waals surface area contributed by atoms with Crippen LogP contribution in [0.25, 0.3) is 10.1 Å². The Hall–Kier alpha value is -2.57. The lowest BCUT2D eigenvalue weighted by Crippen LogP contribution is -2.43. The maximum absolute atomic E-state index is 12.2. The Labute approximate surface area is 147 Å². The van der Waals surface area contributed by atoms with E-state index < -0.39 is 11.9 Å². The Balaban J connectivity index is 1.65. The van der Waals surface area contributed by atoms with Crippen LogP contribution in [0, 0.1) is 6.92 Å². The van der Waals surface area contributed by atoms with Crippen LogP contribution < -0.4 is 16.2 Å². The van der Waals surface area contributed by atoms with E-state index in [1.54, 1.807) is 6.07 Å². The molecule has 24 heavy (non-hydrogen) atoms. The molecule has 122 valence electrons. The summed E-state index contributed by atoms with van der Waals surface area (Å²) in [4.78, 5) is 24.5. The third-order valence-corrected chi connectivity index (χ3v) is 5.10. The quantitative estimate of drug-likeness (QED) is 0.596. The minimum Gasteiger partial charge on any atom is -0.306 e. The lowest BCUT2D eigenvalue weighted by molar-refractivity contribution is 0.0942. The number of fused-ring (bicyclic) bond motifs is 1. The second-order valence-electron chi connectivity index (χ2n) is 5.09. The van der Waals surface area contributed by atoms with Crippen molar-refractivity contribution in [3.63, 3.8) is 0 Å². The van der Waals surface area contributed by atoms with Crippen LogP contribution in [0.15, 0.2) is 48.5 Å². The standard InChI is InChI=1S/C17H14ClN3O2S/c1-10-6-2-4-8-12(10)19-17(23)21-20-16(22)15-14(18)11-7-3-5-9-13(11)24-15/h2-9H,1H3,(H,20,22)(H2,19,21,23). The van der Waals surface area contributed by atoms with Crippen LogP contribution in [0.2, 0.25) is 5.02 Å². The number of halogens is 1. The SMILES string of the molecule is Cc1ccccc1NC(=O)NNC(=O)c1sc2ccccc2c1Cl. The molecule has 3 N–H and O–H groups in total. The van der Waals surface area contributed by atoms with Crippen molar-refractivity contribution >= 4 is 50.6 Å². The van der Waals surface area contributed by atoms with E-state index in [1.165, 1.54) is 11.3 Å². The molecule has 0 aliphatic rings. The molecule has 0 atom stereocenters. The van der Waals surface area contributed by atoms with Crippen LogP contribution in [0.1, 0.15) is 15.2 Å². The number of para-hydroxylation sites is 1. The summed E-state index contributed by atoms with van der Waals surface area (Å²) in [6.07, 6.45) is 0. The van der Waals surface area contributed by atoms with Crippen LogP contribution in [0.3, 0.4) is 0 Å². The molecule has 7 heteroatoms. The van der Waals surface area contributed by atoms with E-state index in [4.69, 9.17) is 11.6 Å². The van der Waals surface area contributed by atoms with Gasteiger partial charge in [-0.3, -0.25) is 10.2 Å². The molecule has 0 saturated heterocycles. The average Bonchev–Trinajstić information content (AvgIpc) is 2.92. The van der Waals surface area contributed by atoms with Gasteiger partial charge in [0.15, 0.2) is 0 Å². The molecular weight excluding hydrogens is 346 g/mol. The molecule has 2 aromatic carbocycles. The van der Waals surface area contributed by atoms with Crippen molar-refractivity contribution in [2.75, 3.05) is 5.32 Å². The topological polar surface area (TPSA) is 70.2 Å². The third-order valence-electron chi connectivity index (χ3n) is 3.42. The molecule has 0 bridgehead atoms. The first kappa shape index (κ1) is 16.3. The molecule has 0 fully saturated rings. The summed E-state index contributed by atoms with van der Waals surface area (Å²) >= 11 is 7.51. The van der Waals surface area contributed by atoms with Crippen LogP contribution in [0.5, 0.6) is 0 Å². The average molecular weight is 360 g/mol. The summed E-state index contributed by atoms with van der Waals surface area (Å²) in [5.41, 5.74) is 6.29. The number of carbonyl (C=O) groups excluding carboxylic acids is 2. The van der Waals surface area contributed by atoms with Gasteiger partial charge in [-0.05, 0) is 24.6 Å². The highest BCUT2D eigenvalue weighted by Crippen LogP contribution is 2.34. The number of nitrogens with one attached hydrogen (secondary N) is 3. The predicted octanol–water partition coefficient (Wildman–Crippen LogP) is 4.33. The van der Waals surface area contributed by atoms with Crippen molar-refractivity contribution in [3.05, 3.63) is 64.0 Å². The number of hydrogen-bond acceptors (Lipinski definition) is 3. The lowest BCUT2D eigenvalue weighted by atomic mass is 10.2. The lowest BCUT2D eigenvalue weighted by Gasteiger charge is -2.10. The highest BCUT2D eigenvalue weighted by atomic mass is 35.5. The molecule has 1 heterocycles. The molecule has 1 aromatic heterocycles. The fraction of sp³-hybridized carbons (Fsp3) is 0.0588. The minimum atomic E-state index is -0.533. The molecule has 3 aromatic rings. The van der Waals surface area contributed by atoms with E-state index in [-0.39, 0.29) is 0 Å². The van der Waals surface area contributed by atoms with Crippen LogP contribution in [-0.2, 0) is 0 Å². The summed E-state index contributed by atoms with van der Waals surface area (Å²) in [6, 6.07) is 14.3. The zero-order valence-corrected chi connectivity index (χ0v) is 14.3. The number of anilines is 1. The molecule has 5 nitrogen and oxygen atoms in total. The van der Waals surface area contributed by atoms with Gasteiger partial charge in [0.1, 0.15) is 4.88 Å². The minimum absolute atomic E-state index is 0.356. The first-order chi connectivity index (χ1) is 11.6. The fourth-order valence-electron chi connectivity index (χ4n) is 2.20. The second kappa shape index (κ2) is 6.90. The number of hydrazine groups is 1. The van der Waals surface area contributed by atoms with E-state index in [9.17, 15) is 9.59 Å². The van der Waals surface area contributed by atoms with Crippen molar-refractivity contribution in [1.29, 1.82) is 0 Å². The van der Waals surface area contributed by atoms with Crippen LogP contribution in [0.4, 0.5) is 10.5 Å². The Morgan fingerprint density at radius 2 is 1.71 bits per heavy atom. The number of aryl methyl sites for hydroxylation is 1. The zero-order valence-electron chi connectivity index (χ0n) is 12.7. The summed E-state index contributed by atoms with van der Waals surface area (Å²) in [5.74, 6) is -0.457. The molecule has 3 rings (SSSR count). The number of thiophene rings is 1. The van der Waals surface area contributed by atoms with Gasteiger partial charge in [-0.15, -0.1) is 11.3 Å². The van der Waals surface area contributed by atoms with Gasteiger partial charge in [-0.25, -0.2) is 10.2 Å².